The summed E-state index contributed by atoms with van der Waals surface area (Å²) in [5.74, 6) is 1.53. The minimum Gasteiger partial charge on any atom is -0.394 e. The van der Waals surface area contributed by atoms with E-state index < -0.39 is 0 Å². The Morgan fingerprint density at radius 1 is 1.46 bits per heavy atom. The summed E-state index contributed by atoms with van der Waals surface area (Å²) in [6.45, 7) is 7.79. The second-order valence-electron chi connectivity index (χ2n) is 5.14. The quantitative estimate of drug-likeness (QED) is 0.661. The van der Waals surface area contributed by atoms with Gasteiger partial charge in [-0.05, 0) is 31.7 Å². The fraction of sp³-hybridized carbons (Fsp3) is 1.00. The topological polar surface area (TPSA) is 32.3 Å². The molecule has 2 heteroatoms. The molecule has 0 radical (unpaired) electrons. The molecule has 1 atom stereocenters. The molecule has 0 saturated heterocycles. The van der Waals surface area contributed by atoms with Crippen molar-refractivity contribution in [3.63, 3.8) is 0 Å². The molecule has 0 aromatic carbocycles. The Labute approximate surface area is 81.7 Å². The van der Waals surface area contributed by atoms with Crippen molar-refractivity contribution in [3.05, 3.63) is 0 Å². The molecule has 78 valence electrons. The van der Waals surface area contributed by atoms with Crippen LogP contribution in [0.2, 0.25) is 0 Å². The molecule has 1 saturated carbocycles. The lowest BCUT2D eigenvalue weighted by atomic mass is 9.95. The number of nitrogens with one attached hydrogen (secondary N) is 1. The summed E-state index contributed by atoms with van der Waals surface area (Å²) < 4.78 is 0. The van der Waals surface area contributed by atoms with Gasteiger partial charge in [0.1, 0.15) is 0 Å². The zero-order valence-electron chi connectivity index (χ0n) is 9.14. The highest BCUT2D eigenvalue weighted by Crippen LogP contribution is 2.36. The van der Waals surface area contributed by atoms with Crippen LogP contribution in [0, 0.1) is 11.8 Å². The van der Waals surface area contributed by atoms with Gasteiger partial charge in [0, 0.05) is 5.54 Å². The Morgan fingerprint density at radius 2 is 2.08 bits per heavy atom. The van der Waals surface area contributed by atoms with Crippen LogP contribution in [0.15, 0.2) is 0 Å². The summed E-state index contributed by atoms with van der Waals surface area (Å²) >= 11 is 0. The molecule has 0 amide bonds. The summed E-state index contributed by atoms with van der Waals surface area (Å²) in [6.07, 6.45) is 3.86. The Kier molecular flexibility index (Phi) is 3.74. The molecule has 0 bridgehead atoms. The first kappa shape index (κ1) is 11.0. The van der Waals surface area contributed by atoms with Gasteiger partial charge in [-0.25, -0.2) is 0 Å². The second kappa shape index (κ2) is 4.43. The molecule has 0 aliphatic heterocycles. The van der Waals surface area contributed by atoms with Gasteiger partial charge in [0.05, 0.1) is 6.61 Å². The fourth-order valence-electron chi connectivity index (χ4n) is 1.60. The fourth-order valence-corrected chi connectivity index (χ4v) is 1.60. The highest BCUT2D eigenvalue weighted by molar-refractivity contribution is 4.89. The van der Waals surface area contributed by atoms with Crippen LogP contribution in [-0.2, 0) is 0 Å². The van der Waals surface area contributed by atoms with Crippen LogP contribution >= 0.6 is 0 Å². The van der Waals surface area contributed by atoms with Crippen molar-refractivity contribution in [3.8, 4) is 0 Å². The highest BCUT2D eigenvalue weighted by atomic mass is 16.3. The van der Waals surface area contributed by atoms with E-state index in [4.69, 9.17) is 0 Å². The maximum absolute atomic E-state index is 9.31. The van der Waals surface area contributed by atoms with Crippen LogP contribution in [0.5, 0.6) is 0 Å². The van der Waals surface area contributed by atoms with Crippen molar-refractivity contribution in [2.75, 3.05) is 13.2 Å². The molecule has 1 fully saturated rings. The van der Waals surface area contributed by atoms with E-state index in [1.165, 1.54) is 12.8 Å². The van der Waals surface area contributed by atoms with Gasteiger partial charge in [0.25, 0.3) is 0 Å². The third-order valence-corrected chi connectivity index (χ3v) is 2.72. The standard InChI is InChI=1S/C11H23NO/c1-9(2)7-12-11(3,8-13)6-10-4-5-10/h9-10,12-13H,4-8H2,1-3H3. The summed E-state index contributed by atoms with van der Waals surface area (Å²) in [5.41, 5.74) is -0.0363. The molecule has 0 aromatic heterocycles. The molecule has 1 aliphatic rings. The van der Waals surface area contributed by atoms with Crippen LogP contribution in [0.1, 0.15) is 40.0 Å². The molecule has 1 unspecified atom stereocenters. The second-order valence-corrected chi connectivity index (χ2v) is 5.14. The van der Waals surface area contributed by atoms with Gasteiger partial charge in [-0.15, -0.1) is 0 Å². The minimum absolute atomic E-state index is 0.0363. The molecule has 13 heavy (non-hydrogen) atoms. The van der Waals surface area contributed by atoms with Crippen molar-refractivity contribution in [1.29, 1.82) is 0 Å². The lowest BCUT2D eigenvalue weighted by molar-refractivity contribution is 0.156. The van der Waals surface area contributed by atoms with E-state index in [2.05, 4.69) is 26.1 Å². The number of hydrogen-bond donors (Lipinski definition) is 2. The zero-order chi connectivity index (χ0) is 9.90. The Hall–Kier alpha value is -0.0800. The number of rotatable bonds is 6. The van der Waals surface area contributed by atoms with Crippen molar-refractivity contribution in [2.24, 2.45) is 11.8 Å². The third kappa shape index (κ3) is 4.10. The van der Waals surface area contributed by atoms with Gasteiger partial charge in [-0.1, -0.05) is 26.7 Å². The largest absolute Gasteiger partial charge is 0.394 e. The van der Waals surface area contributed by atoms with Crippen molar-refractivity contribution in [2.45, 2.75) is 45.6 Å². The van der Waals surface area contributed by atoms with Gasteiger partial charge in [-0.3, -0.25) is 0 Å². The average Bonchev–Trinajstić information content (AvgIpc) is 2.85. The van der Waals surface area contributed by atoms with Gasteiger partial charge in [0.2, 0.25) is 0 Å². The van der Waals surface area contributed by atoms with E-state index in [0.29, 0.717) is 5.92 Å². The molecule has 0 aromatic rings. The molecule has 0 spiro atoms. The molecule has 1 rings (SSSR count). The first-order valence-corrected chi connectivity index (χ1v) is 5.41. The molecule has 0 heterocycles. The maximum atomic E-state index is 9.31. The Bertz CT molecular complexity index is 154. The van der Waals surface area contributed by atoms with Crippen LogP contribution in [0.3, 0.4) is 0 Å². The Balaban J connectivity index is 2.28. The summed E-state index contributed by atoms with van der Waals surface area (Å²) in [6, 6.07) is 0. The van der Waals surface area contributed by atoms with Gasteiger partial charge < -0.3 is 10.4 Å². The normalized spacial score (nSPS) is 21.9. The van der Waals surface area contributed by atoms with Crippen molar-refractivity contribution < 1.29 is 5.11 Å². The van der Waals surface area contributed by atoms with E-state index in [-0.39, 0.29) is 12.1 Å². The third-order valence-electron chi connectivity index (χ3n) is 2.72. The Morgan fingerprint density at radius 3 is 2.46 bits per heavy atom. The summed E-state index contributed by atoms with van der Waals surface area (Å²) in [5, 5.41) is 12.8. The maximum Gasteiger partial charge on any atom is 0.0610 e. The van der Waals surface area contributed by atoms with E-state index in [0.717, 1.165) is 18.9 Å². The van der Waals surface area contributed by atoms with Gasteiger partial charge >= 0.3 is 0 Å². The summed E-state index contributed by atoms with van der Waals surface area (Å²) in [4.78, 5) is 0. The number of aliphatic hydroxyl groups is 1. The van der Waals surface area contributed by atoms with Crippen LogP contribution in [-0.4, -0.2) is 23.8 Å². The molecular weight excluding hydrogens is 162 g/mol. The number of aliphatic hydroxyl groups excluding tert-OH is 1. The lowest BCUT2D eigenvalue weighted by Crippen LogP contribution is -2.47. The van der Waals surface area contributed by atoms with Crippen molar-refractivity contribution in [1.82, 2.24) is 5.32 Å². The first-order valence-electron chi connectivity index (χ1n) is 5.41. The van der Waals surface area contributed by atoms with Gasteiger partial charge in [0.15, 0.2) is 0 Å². The molecule has 1 aliphatic carbocycles. The smallest absolute Gasteiger partial charge is 0.0610 e. The first-order chi connectivity index (χ1) is 6.06. The summed E-state index contributed by atoms with van der Waals surface area (Å²) in [7, 11) is 0. The van der Waals surface area contributed by atoms with Crippen LogP contribution in [0.25, 0.3) is 0 Å². The van der Waals surface area contributed by atoms with E-state index in [1.807, 2.05) is 0 Å². The molecule has 2 nitrogen and oxygen atoms in total. The highest BCUT2D eigenvalue weighted by Gasteiger charge is 2.32. The van der Waals surface area contributed by atoms with Crippen molar-refractivity contribution >= 4 is 0 Å². The average molecular weight is 185 g/mol. The lowest BCUT2D eigenvalue weighted by Gasteiger charge is -2.30. The SMILES string of the molecule is CC(C)CNC(C)(CO)CC1CC1. The van der Waals surface area contributed by atoms with E-state index in [9.17, 15) is 5.11 Å². The monoisotopic (exact) mass is 185 g/mol. The number of hydrogen-bond acceptors (Lipinski definition) is 2. The van der Waals surface area contributed by atoms with Gasteiger partial charge in [-0.2, -0.15) is 0 Å². The van der Waals surface area contributed by atoms with E-state index in [1.54, 1.807) is 0 Å². The predicted octanol–water partition coefficient (Wildman–Crippen LogP) is 1.78. The van der Waals surface area contributed by atoms with E-state index >= 15 is 0 Å². The molecule has 2 N–H and O–H groups in total. The zero-order valence-corrected chi connectivity index (χ0v) is 9.14. The molecular formula is C11H23NO. The van der Waals surface area contributed by atoms with Crippen LogP contribution < -0.4 is 5.32 Å². The minimum atomic E-state index is -0.0363. The van der Waals surface area contributed by atoms with Crippen LogP contribution in [0.4, 0.5) is 0 Å². The predicted molar refractivity (Wildman–Crippen MR) is 55.7 cm³/mol.